The Hall–Kier alpha value is -1.13. The molecule has 2 rings (SSSR count). The minimum absolute atomic E-state index is 0.227. The lowest BCUT2D eigenvalue weighted by atomic mass is 10.1. The first-order chi connectivity index (χ1) is 9.24. The zero-order chi connectivity index (χ0) is 13.7. The van der Waals surface area contributed by atoms with Crippen molar-refractivity contribution in [2.45, 2.75) is 45.1 Å². The molecule has 1 aromatic heterocycles. The lowest BCUT2D eigenvalue weighted by Gasteiger charge is -2.17. The number of aromatic nitrogens is 2. The number of rotatable bonds is 7. The van der Waals surface area contributed by atoms with Crippen molar-refractivity contribution in [2.75, 3.05) is 13.1 Å². The van der Waals surface area contributed by atoms with E-state index in [0.29, 0.717) is 6.54 Å². The van der Waals surface area contributed by atoms with E-state index in [1.165, 1.54) is 24.8 Å². The van der Waals surface area contributed by atoms with Gasteiger partial charge in [-0.15, -0.1) is 0 Å². The molecule has 19 heavy (non-hydrogen) atoms. The van der Waals surface area contributed by atoms with Crippen molar-refractivity contribution >= 4 is 0 Å². The van der Waals surface area contributed by atoms with Gasteiger partial charge in [-0.2, -0.15) is 5.10 Å². The van der Waals surface area contributed by atoms with Gasteiger partial charge in [0.25, 0.3) is 0 Å². The summed E-state index contributed by atoms with van der Waals surface area (Å²) >= 11 is 0. The predicted octanol–water partition coefficient (Wildman–Crippen LogP) is 2.07. The fraction of sp³-hybridized carbons (Fsp3) is 0.667. The number of nitrogens with one attached hydrogen (secondary N) is 1. The molecule has 1 heterocycles. The second-order valence-electron chi connectivity index (χ2n) is 5.31. The van der Waals surface area contributed by atoms with Crippen molar-refractivity contribution < 1.29 is 0 Å². The van der Waals surface area contributed by atoms with Gasteiger partial charge in [-0.25, -0.2) is 0 Å². The molecule has 0 radical (unpaired) electrons. The Morgan fingerprint density at radius 1 is 1.53 bits per heavy atom. The third-order valence-electron chi connectivity index (χ3n) is 3.86. The van der Waals surface area contributed by atoms with E-state index in [1.807, 2.05) is 11.7 Å². The molecule has 3 N–H and O–H groups in total. The van der Waals surface area contributed by atoms with Crippen LogP contribution < -0.4 is 11.1 Å². The lowest BCUT2D eigenvalue weighted by molar-refractivity contribution is 0.538. The lowest BCUT2D eigenvalue weighted by Crippen LogP contribution is -2.29. The van der Waals surface area contributed by atoms with Crippen LogP contribution >= 0.6 is 0 Å². The number of hydrogen-bond donors (Lipinski definition) is 2. The maximum Gasteiger partial charge on any atom is 0.0670 e. The Morgan fingerprint density at radius 3 is 3.00 bits per heavy atom. The van der Waals surface area contributed by atoms with E-state index >= 15 is 0 Å². The van der Waals surface area contributed by atoms with Crippen LogP contribution in [0, 0.1) is 0 Å². The highest BCUT2D eigenvalue weighted by Crippen LogP contribution is 2.21. The van der Waals surface area contributed by atoms with Crippen LogP contribution in [0.15, 0.2) is 17.8 Å². The van der Waals surface area contributed by atoms with Crippen LogP contribution in [-0.4, -0.2) is 22.9 Å². The van der Waals surface area contributed by atoms with E-state index in [0.717, 1.165) is 25.1 Å². The third-order valence-corrected chi connectivity index (χ3v) is 3.86. The SMILES string of the molecule is CCc1nn(C)cc1C(CN)NCCC1=CCCC1. The van der Waals surface area contributed by atoms with Crippen molar-refractivity contribution in [2.24, 2.45) is 12.8 Å². The first-order valence-corrected chi connectivity index (χ1v) is 7.38. The second kappa shape index (κ2) is 6.87. The second-order valence-corrected chi connectivity index (χ2v) is 5.31. The molecule has 4 heteroatoms. The Labute approximate surface area is 116 Å². The predicted molar refractivity (Wildman–Crippen MR) is 78.9 cm³/mol. The van der Waals surface area contributed by atoms with Crippen LogP contribution in [0.4, 0.5) is 0 Å². The van der Waals surface area contributed by atoms with Crippen LogP contribution in [0.3, 0.4) is 0 Å². The van der Waals surface area contributed by atoms with Crippen LogP contribution in [0.2, 0.25) is 0 Å². The number of hydrogen-bond acceptors (Lipinski definition) is 3. The summed E-state index contributed by atoms with van der Waals surface area (Å²) in [5, 5.41) is 8.07. The molecule has 0 spiro atoms. The normalized spacial score (nSPS) is 16.7. The van der Waals surface area contributed by atoms with Crippen molar-refractivity contribution in [3.63, 3.8) is 0 Å². The molecule has 0 bridgehead atoms. The van der Waals surface area contributed by atoms with Crippen LogP contribution in [0.5, 0.6) is 0 Å². The van der Waals surface area contributed by atoms with Crippen molar-refractivity contribution in [1.82, 2.24) is 15.1 Å². The molecule has 0 saturated carbocycles. The fourth-order valence-corrected chi connectivity index (χ4v) is 2.81. The third kappa shape index (κ3) is 3.67. The monoisotopic (exact) mass is 262 g/mol. The summed E-state index contributed by atoms with van der Waals surface area (Å²) < 4.78 is 1.89. The molecule has 0 saturated heterocycles. The summed E-state index contributed by atoms with van der Waals surface area (Å²) in [5.74, 6) is 0. The van der Waals surface area contributed by atoms with E-state index in [1.54, 1.807) is 5.57 Å². The molecule has 1 aliphatic carbocycles. The molecule has 1 atom stereocenters. The fourth-order valence-electron chi connectivity index (χ4n) is 2.81. The maximum atomic E-state index is 5.92. The van der Waals surface area contributed by atoms with E-state index in [-0.39, 0.29) is 6.04 Å². The summed E-state index contributed by atoms with van der Waals surface area (Å²) in [5.41, 5.74) is 9.93. The molecule has 1 aromatic rings. The van der Waals surface area contributed by atoms with Gasteiger partial charge >= 0.3 is 0 Å². The average Bonchev–Trinajstić information content (AvgIpc) is 3.04. The van der Waals surface area contributed by atoms with E-state index in [9.17, 15) is 0 Å². The summed E-state index contributed by atoms with van der Waals surface area (Å²) in [4.78, 5) is 0. The molecule has 0 aromatic carbocycles. The minimum Gasteiger partial charge on any atom is -0.329 e. The Morgan fingerprint density at radius 2 is 2.37 bits per heavy atom. The van der Waals surface area contributed by atoms with E-state index in [2.05, 4.69) is 29.6 Å². The van der Waals surface area contributed by atoms with Crippen molar-refractivity contribution in [3.05, 3.63) is 29.1 Å². The molecule has 0 aliphatic heterocycles. The van der Waals surface area contributed by atoms with Gasteiger partial charge < -0.3 is 11.1 Å². The van der Waals surface area contributed by atoms with Crippen molar-refractivity contribution in [1.29, 1.82) is 0 Å². The highest BCUT2D eigenvalue weighted by atomic mass is 15.3. The first kappa shape index (κ1) is 14.3. The molecule has 106 valence electrons. The summed E-state index contributed by atoms with van der Waals surface area (Å²) in [6.45, 7) is 3.77. The summed E-state index contributed by atoms with van der Waals surface area (Å²) in [7, 11) is 1.97. The topological polar surface area (TPSA) is 55.9 Å². The van der Waals surface area contributed by atoms with Crippen LogP contribution in [-0.2, 0) is 13.5 Å². The molecular weight excluding hydrogens is 236 g/mol. The minimum atomic E-state index is 0.227. The van der Waals surface area contributed by atoms with Gasteiger partial charge in [0, 0.05) is 31.4 Å². The Kier molecular flexibility index (Phi) is 5.16. The first-order valence-electron chi connectivity index (χ1n) is 7.38. The summed E-state index contributed by atoms with van der Waals surface area (Å²) in [6, 6.07) is 0.227. The van der Waals surface area contributed by atoms with Gasteiger partial charge in [-0.3, -0.25) is 4.68 Å². The Balaban J connectivity index is 1.91. The van der Waals surface area contributed by atoms with Crippen LogP contribution in [0.25, 0.3) is 0 Å². The van der Waals surface area contributed by atoms with Gasteiger partial charge in [0.1, 0.15) is 0 Å². The zero-order valence-corrected chi connectivity index (χ0v) is 12.2. The molecule has 4 nitrogen and oxygen atoms in total. The van der Waals surface area contributed by atoms with Gasteiger partial charge in [0.05, 0.1) is 5.69 Å². The van der Waals surface area contributed by atoms with Crippen LogP contribution in [0.1, 0.15) is 49.9 Å². The average molecular weight is 262 g/mol. The quantitative estimate of drug-likeness (QED) is 0.740. The largest absolute Gasteiger partial charge is 0.329 e. The molecular formula is C15H26N4. The maximum absolute atomic E-state index is 5.92. The van der Waals surface area contributed by atoms with Gasteiger partial charge in [0.2, 0.25) is 0 Å². The molecule has 0 amide bonds. The molecule has 1 aliphatic rings. The standard InChI is InChI=1S/C15H26N4/c1-3-14-13(11-19(2)18-14)15(10-16)17-9-8-12-6-4-5-7-12/h6,11,15,17H,3-5,7-10,16H2,1-2H3. The number of nitrogens with two attached hydrogens (primary N) is 1. The van der Waals surface area contributed by atoms with Gasteiger partial charge in [0.15, 0.2) is 0 Å². The molecule has 0 fully saturated rings. The zero-order valence-electron chi connectivity index (χ0n) is 12.2. The number of allylic oxidation sites excluding steroid dienone is 1. The van der Waals surface area contributed by atoms with E-state index in [4.69, 9.17) is 5.73 Å². The van der Waals surface area contributed by atoms with E-state index < -0.39 is 0 Å². The number of nitrogens with zero attached hydrogens (tertiary/aromatic N) is 2. The highest BCUT2D eigenvalue weighted by molar-refractivity contribution is 5.22. The Bertz CT molecular complexity index is 433. The van der Waals surface area contributed by atoms with Gasteiger partial charge in [-0.05, 0) is 38.6 Å². The summed E-state index contributed by atoms with van der Waals surface area (Å²) in [6.07, 6.45) is 10.5. The van der Waals surface area contributed by atoms with Gasteiger partial charge in [-0.1, -0.05) is 18.6 Å². The van der Waals surface area contributed by atoms with Crippen molar-refractivity contribution in [3.8, 4) is 0 Å². The highest BCUT2D eigenvalue weighted by Gasteiger charge is 2.16. The number of aryl methyl sites for hydroxylation is 2. The molecule has 1 unspecified atom stereocenters. The smallest absolute Gasteiger partial charge is 0.0670 e.